The Morgan fingerprint density at radius 1 is 1.53 bits per heavy atom. The summed E-state index contributed by atoms with van der Waals surface area (Å²) in [4.78, 5) is 20.2. The highest BCUT2D eigenvalue weighted by Crippen LogP contribution is 2.15. The summed E-state index contributed by atoms with van der Waals surface area (Å²) in [5.74, 6) is 0.617. The van der Waals surface area contributed by atoms with Gasteiger partial charge in [0.05, 0.1) is 0 Å². The molecule has 0 aliphatic rings. The average molecular weight is 230 g/mol. The molecular formula is C10H16ClN3O. The van der Waals surface area contributed by atoms with Crippen molar-refractivity contribution in [1.82, 2.24) is 14.9 Å². The average Bonchev–Trinajstić information content (AvgIpc) is 2.55. The van der Waals surface area contributed by atoms with Crippen molar-refractivity contribution in [3.8, 4) is 0 Å². The highest BCUT2D eigenvalue weighted by atomic mass is 35.5. The van der Waals surface area contributed by atoms with Crippen molar-refractivity contribution in [2.75, 3.05) is 14.1 Å². The molecule has 0 radical (unpaired) electrons. The number of nitrogens with one attached hydrogen (secondary N) is 1. The molecule has 0 bridgehead atoms. The van der Waals surface area contributed by atoms with Gasteiger partial charge in [-0.2, -0.15) is 0 Å². The molecule has 0 unspecified atom stereocenters. The molecule has 1 aromatic rings. The fourth-order valence-corrected chi connectivity index (χ4v) is 1.45. The van der Waals surface area contributed by atoms with Crippen molar-refractivity contribution in [3.63, 3.8) is 0 Å². The van der Waals surface area contributed by atoms with Gasteiger partial charge in [0.2, 0.25) is 0 Å². The van der Waals surface area contributed by atoms with Crippen LogP contribution in [-0.4, -0.2) is 34.9 Å². The monoisotopic (exact) mass is 229 g/mol. The summed E-state index contributed by atoms with van der Waals surface area (Å²) in [6, 6.07) is 0. The summed E-state index contributed by atoms with van der Waals surface area (Å²) in [6.45, 7) is 2.11. The minimum atomic E-state index is -0.168. The van der Waals surface area contributed by atoms with Crippen molar-refractivity contribution >= 4 is 17.5 Å². The van der Waals surface area contributed by atoms with E-state index in [0.29, 0.717) is 10.8 Å². The number of amides is 1. The van der Waals surface area contributed by atoms with Gasteiger partial charge in [0.15, 0.2) is 5.69 Å². The lowest BCUT2D eigenvalue weighted by Crippen LogP contribution is -2.22. The molecule has 15 heavy (non-hydrogen) atoms. The number of H-pyrrole nitrogens is 1. The second-order valence-electron chi connectivity index (χ2n) is 3.65. The molecule has 0 saturated heterocycles. The van der Waals surface area contributed by atoms with Gasteiger partial charge in [-0.05, 0) is 6.42 Å². The van der Waals surface area contributed by atoms with Crippen LogP contribution in [0.1, 0.15) is 36.1 Å². The first-order valence-corrected chi connectivity index (χ1v) is 5.40. The Balaban J connectivity index is 2.81. The third-order valence-corrected chi connectivity index (χ3v) is 2.36. The van der Waals surface area contributed by atoms with Gasteiger partial charge in [0.1, 0.15) is 11.0 Å². The molecule has 1 amide bonds. The van der Waals surface area contributed by atoms with Crippen LogP contribution in [0, 0.1) is 0 Å². The van der Waals surface area contributed by atoms with Crippen LogP contribution in [0.25, 0.3) is 0 Å². The number of hydrogen-bond donors (Lipinski definition) is 1. The SMILES string of the molecule is CCCCc1nc(C(=O)N(C)C)c(Cl)[nH]1. The Kier molecular flexibility index (Phi) is 4.15. The van der Waals surface area contributed by atoms with Gasteiger partial charge in [-0.15, -0.1) is 0 Å². The molecule has 0 aliphatic carbocycles. The molecule has 0 spiro atoms. The van der Waals surface area contributed by atoms with Gasteiger partial charge in [0.25, 0.3) is 5.91 Å². The number of aromatic nitrogens is 2. The number of nitrogens with zero attached hydrogens (tertiary/aromatic N) is 2. The maximum Gasteiger partial charge on any atom is 0.275 e. The van der Waals surface area contributed by atoms with Gasteiger partial charge < -0.3 is 9.88 Å². The zero-order valence-electron chi connectivity index (χ0n) is 9.30. The fourth-order valence-electron chi connectivity index (χ4n) is 1.21. The summed E-state index contributed by atoms with van der Waals surface area (Å²) in [5, 5.41) is 0.333. The summed E-state index contributed by atoms with van der Waals surface area (Å²) in [5.41, 5.74) is 0.313. The number of carbonyl (C=O) groups is 1. The molecule has 4 nitrogen and oxygen atoms in total. The van der Waals surface area contributed by atoms with E-state index in [-0.39, 0.29) is 5.91 Å². The van der Waals surface area contributed by atoms with Crippen LogP contribution >= 0.6 is 11.6 Å². The normalized spacial score (nSPS) is 10.4. The molecule has 84 valence electrons. The van der Waals surface area contributed by atoms with E-state index in [1.807, 2.05) is 0 Å². The number of carbonyl (C=O) groups excluding carboxylic acids is 1. The first kappa shape index (κ1) is 12.0. The summed E-state index contributed by atoms with van der Waals surface area (Å²) in [7, 11) is 3.36. The first-order valence-electron chi connectivity index (χ1n) is 5.02. The van der Waals surface area contributed by atoms with Crippen LogP contribution in [-0.2, 0) is 6.42 Å². The zero-order valence-corrected chi connectivity index (χ0v) is 10.1. The lowest BCUT2D eigenvalue weighted by Gasteiger charge is -2.07. The fraction of sp³-hybridized carbons (Fsp3) is 0.600. The molecule has 1 heterocycles. The highest BCUT2D eigenvalue weighted by molar-refractivity contribution is 6.32. The molecule has 5 heteroatoms. The number of rotatable bonds is 4. The van der Waals surface area contributed by atoms with Gasteiger partial charge >= 0.3 is 0 Å². The maximum atomic E-state index is 11.6. The lowest BCUT2D eigenvalue weighted by molar-refractivity contribution is 0.0822. The molecule has 0 atom stereocenters. The Hall–Kier alpha value is -1.03. The lowest BCUT2D eigenvalue weighted by atomic mass is 10.2. The predicted octanol–water partition coefficient (Wildman–Crippen LogP) is 2.11. The molecule has 1 aromatic heterocycles. The molecule has 0 fully saturated rings. The summed E-state index contributed by atoms with van der Waals surface area (Å²) in [6.07, 6.45) is 2.96. The van der Waals surface area contributed by atoms with Crippen molar-refractivity contribution in [1.29, 1.82) is 0 Å². The summed E-state index contributed by atoms with van der Waals surface area (Å²) >= 11 is 5.90. The van der Waals surface area contributed by atoms with Crippen LogP contribution in [0.5, 0.6) is 0 Å². The highest BCUT2D eigenvalue weighted by Gasteiger charge is 2.17. The topological polar surface area (TPSA) is 49.0 Å². The van der Waals surface area contributed by atoms with E-state index in [4.69, 9.17) is 11.6 Å². The summed E-state index contributed by atoms with van der Waals surface area (Å²) < 4.78 is 0. The van der Waals surface area contributed by atoms with E-state index in [0.717, 1.165) is 25.1 Å². The van der Waals surface area contributed by atoms with Crippen molar-refractivity contribution in [3.05, 3.63) is 16.7 Å². The zero-order chi connectivity index (χ0) is 11.4. The van der Waals surface area contributed by atoms with Crippen LogP contribution in [0.15, 0.2) is 0 Å². The standard InChI is InChI=1S/C10H16ClN3O/c1-4-5-6-7-12-8(9(11)13-7)10(15)14(2)3/h4-6H2,1-3H3,(H,12,13). The number of unbranched alkanes of at least 4 members (excludes halogenated alkanes) is 1. The Morgan fingerprint density at radius 2 is 2.20 bits per heavy atom. The van der Waals surface area contributed by atoms with Crippen LogP contribution in [0.3, 0.4) is 0 Å². The largest absolute Gasteiger partial charge is 0.343 e. The van der Waals surface area contributed by atoms with Crippen LogP contribution in [0.2, 0.25) is 5.15 Å². The third kappa shape index (κ3) is 2.96. The number of aryl methyl sites for hydroxylation is 1. The number of aromatic amines is 1. The Labute approximate surface area is 94.6 Å². The van der Waals surface area contributed by atoms with E-state index in [9.17, 15) is 4.79 Å². The van der Waals surface area contributed by atoms with Gasteiger partial charge in [-0.3, -0.25) is 4.79 Å². The van der Waals surface area contributed by atoms with Gasteiger partial charge in [-0.25, -0.2) is 4.98 Å². The predicted molar refractivity (Wildman–Crippen MR) is 60.2 cm³/mol. The number of imidazole rings is 1. The molecular weight excluding hydrogens is 214 g/mol. The Bertz CT molecular complexity index is 346. The molecule has 1 rings (SSSR count). The number of halogens is 1. The van der Waals surface area contributed by atoms with Crippen LogP contribution < -0.4 is 0 Å². The van der Waals surface area contributed by atoms with E-state index >= 15 is 0 Å². The first-order chi connectivity index (χ1) is 7.06. The number of hydrogen-bond acceptors (Lipinski definition) is 2. The van der Waals surface area contributed by atoms with Gasteiger partial charge in [-0.1, -0.05) is 24.9 Å². The third-order valence-electron chi connectivity index (χ3n) is 2.08. The van der Waals surface area contributed by atoms with E-state index in [1.54, 1.807) is 14.1 Å². The minimum Gasteiger partial charge on any atom is -0.343 e. The smallest absolute Gasteiger partial charge is 0.275 e. The van der Waals surface area contributed by atoms with Crippen molar-refractivity contribution in [2.45, 2.75) is 26.2 Å². The molecule has 0 saturated carbocycles. The van der Waals surface area contributed by atoms with E-state index in [2.05, 4.69) is 16.9 Å². The molecule has 0 aliphatic heterocycles. The second-order valence-corrected chi connectivity index (χ2v) is 4.03. The maximum absolute atomic E-state index is 11.6. The van der Waals surface area contributed by atoms with Crippen LogP contribution in [0.4, 0.5) is 0 Å². The van der Waals surface area contributed by atoms with Gasteiger partial charge in [0, 0.05) is 20.5 Å². The molecule has 1 N–H and O–H groups in total. The minimum absolute atomic E-state index is 0.168. The van der Waals surface area contributed by atoms with Crippen molar-refractivity contribution < 1.29 is 4.79 Å². The second kappa shape index (κ2) is 5.16. The Morgan fingerprint density at radius 3 is 2.73 bits per heavy atom. The van der Waals surface area contributed by atoms with E-state index < -0.39 is 0 Å². The quantitative estimate of drug-likeness (QED) is 0.860. The molecule has 0 aromatic carbocycles. The van der Waals surface area contributed by atoms with E-state index in [1.165, 1.54) is 4.90 Å². The van der Waals surface area contributed by atoms with Crippen molar-refractivity contribution in [2.24, 2.45) is 0 Å².